The van der Waals surface area contributed by atoms with E-state index in [0.29, 0.717) is 17.6 Å². The SMILES string of the molecule is C/C=C(\C)C(=O)Cl.C/C=C(\C)C(=O)O[C@@H]1CC(O)[C@H](O[C@@H](C)CCCC/C=C/C(=O)O)OC1C.COC(=O)/C=C/CCCC[C@H](C)O[C@@H]1OC(C)[C@H](O)CC1O. The van der Waals surface area contributed by atoms with Crippen molar-refractivity contribution in [2.75, 3.05) is 7.11 Å². The summed E-state index contributed by atoms with van der Waals surface area (Å²) < 4.78 is 32.6. The zero-order valence-corrected chi connectivity index (χ0v) is 35.3. The van der Waals surface area contributed by atoms with E-state index in [-0.39, 0.29) is 48.5 Å². The highest BCUT2D eigenvalue weighted by atomic mass is 35.5. The van der Waals surface area contributed by atoms with Gasteiger partial charge in [0.15, 0.2) is 12.6 Å². The maximum Gasteiger partial charge on any atom is 0.333 e. The van der Waals surface area contributed by atoms with Crippen LogP contribution in [-0.4, -0.2) is 112 Å². The highest BCUT2D eigenvalue weighted by Crippen LogP contribution is 2.26. The van der Waals surface area contributed by atoms with Crippen molar-refractivity contribution in [2.24, 2.45) is 0 Å². The molecule has 15 heteroatoms. The van der Waals surface area contributed by atoms with Crippen LogP contribution in [0.15, 0.2) is 47.6 Å². The number of unbranched alkanes of at least 4 members (excludes halogenated alkanes) is 4. The fourth-order valence-electron chi connectivity index (χ4n) is 5.14. The van der Waals surface area contributed by atoms with Crippen molar-refractivity contribution in [3.8, 4) is 0 Å². The van der Waals surface area contributed by atoms with Crippen molar-refractivity contribution in [2.45, 2.75) is 181 Å². The van der Waals surface area contributed by atoms with Gasteiger partial charge in [0.2, 0.25) is 5.24 Å². The average Bonchev–Trinajstić information content (AvgIpc) is 3.14. The molecule has 4 N–H and O–H groups in total. The molecule has 0 saturated carbocycles. The van der Waals surface area contributed by atoms with Crippen molar-refractivity contribution in [1.82, 2.24) is 0 Å². The fraction of sp³-hybridized carbons (Fsp3) is 0.707. The van der Waals surface area contributed by atoms with Crippen LogP contribution in [0.5, 0.6) is 0 Å². The number of methoxy groups -OCH3 is 1. The van der Waals surface area contributed by atoms with Crippen molar-refractivity contribution in [1.29, 1.82) is 0 Å². The predicted octanol–water partition coefficient (Wildman–Crippen LogP) is 6.22. The molecule has 0 aromatic carbocycles. The summed E-state index contributed by atoms with van der Waals surface area (Å²) in [6, 6.07) is 0. The topological polar surface area (TPSA) is 205 Å². The van der Waals surface area contributed by atoms with E-state index in [2.05, 4.69) is 4.74 Å². The van der Waals surface area contributed by atoms with Gasteiger partial charge in [0.1, 0.15) is 18.3 Å². The van der Waals surface area contributed by atoms with Crippen LogP contribution in [0.2, 0.25) is 0 Å². The van der Waals surface area contributed by atoms with Crippen molar-refractivity contribution in [3.63, 3.8) is 0 Å². The summed E-state index contributed by atoms with van der Waals surface area (Å²) in [6.45, 7) is 14.3. The predicted molar refractivity (Wildman–Crippen MR) is 211 cm³/mol. The van der Waals surface area contributed by atoms with Crippen LogP contribution in [0.4, 0.5) is 0 Å². The lowest BCUT2D eigenvalue weighted by Crippen LogP contribution is -2.49. The Balaban J connectivity index is 0.000000935. The number of rotatable bonds is 19. The number of carbonyl (C=O) groups is 4. The van der Waals surface area contributed by atoms with Gasteiger partial charge in [0.25, 0.3) is 0 Å². The summed E-state index contributed by atoms with van der Waals surface area (Å²) in [5.74, 6) is -1.68. The van der Waals surface area contributed by atoms with E-state index in [1.807, 2.05) is 13.8 Å². The summed E-state index contributed by atoms with van der Waals surface area (Å²) in [5.41, 5.74) is 1.11. The molecule has 0 radical (unpaired) electrons. The number of carbonyl (C=O) groups excluding carboxylic acids is 3. The molecule has 2 saturated heterocycles. The Morgan fingerprint density at radius 1 is 0.750 bits per heavy atom. The smallest absolute Gasteiger partial charge is 0.333 e. The Bertz CT molecular complexity index is 1280. The number of carboxylic acid groups (broad SMARTS) is 1. The fourth-order valence-corrected chi connectivity index (χ4v) is 5.25. The van der Waals surface area contributed by atoms with E-state index >= 15 is 0 Å². The number of halogens is 1. The quantitative estimate of drug-likeness (QED) is 0.0495. The third-order valence-corrected chi connectivity index (χ3v) is 9.31. The molecule has 2 aliphatic heterocycles. The van der Waals surface area contributed by atoms with E-state index in [9.17, 15) is 34.5 Å². The number of esters is 2. The van der Waals surface area contributed by atoms with Gasteiger partial charge < -0.3 is 48.8 Å². The molecule has 0 amide bonds. The van der Waals surface area contributed by atoms with Gasteiger partial charge in [-0.3, -0.25) is 4.79 Å². The number of aliphatic carboxylic acids is 1. The molecular weight excluding hydrogens is 752 g/mol. The number of hydrogen-bond donors (Lipinski definition) is 4. The Kier molecular flexibility index (Phi) is 28.6. The summed E-state index contributed by atoms with van der Waals surface area (Å²) in [4.78, 5) is 43.2. The minimum atomic E-state index is -0.936. The van der Waals surface area contributed by atoms with E-state index in [0.717, 1.165) is 51.0 Å². The molecule has 2 fully saturated rings. The molecular formula is C41H67ClO14. The van der Waals surface area contributed by atoms with Crippen LogP contribution >= 0.6 is 11.6 Å². The summed E-state index contributed by atoms with van der Waals surface area (Å²) >= 11 is 5.02. The second kappa shape index (κ2) is 30.2. The Morgan fingerprint density at radius 3 is 1.68 bits per heavy atom. The van der Waals surface area contributed by atoms with E-state index in [1.54, 1.807) is 65.8 Å². The first kappa shape index (κ1) is 53.0. The maximum absolute atomic E-state index is 11.9. The first-order valence-corrected chi connectivity index (χ1v) is 19.7. The van der Waals surface area contributed by atoms with Crippen LogP contribution < -0.4 is 0 Å². The summed E-state index contributed by atoms with van der Waals surface area (Å²) in [7, 11) is 1.35. The lowest BCUT2D eigenvalue weighted by Gasteiger charge is -2.38. The standard InChI is InChI=1S/C20H32O7.C16H28O6.C5H7ClO/c1-5-13(2)19(24)27-17-12-16(21)20(26-15(17)4)25-14(3)10-8-6-7-9-11-18(22)23;1-11(8-6-4-5-7-9-15(19)20-3)21-16-14(18)10-13(17)12(2)22-16;1-3-4(2)5(6)7/h5,9,11,14-17,20-21H,6-8,10,12H2,1-4H3,(H,22,23);7,9,11-14,16-18H,4-6,8,10H2,1-3H3;3H,1-2H3/b11-9+,13-5+;9-7+;4-3+/t14-,15?,16?,17+,20+;11-,12?,13+,14?,16+;/m00./s1. The molecule has 14 nitrogen and oxygen atoms in total. The van der Waals surface area contributed by atoms with E-state index in [1.165, 1.54) is 13.2 Å². The minimum absolute atomic E-state index is 0.0355. The second-order valence-electron chi connectivity index (χ2n) is 13.9. The molecule has 4 unspecified atom stereocenters. The maximum atomic E-state index is 11.9. The number of ether oxygens (including phenoxy) is 6. The highest BCUT2D eigenvalue weighted by molar-refractivity contribution is 6.67. The normalized spacial score (nSPS) is 26.7. The van der Waals surface area contributed by atoms with Crippen LogP contribution in [0, 0.1) is 0 Å². The summed E-state index contributed by atoms with van der Waals surface area (Å²) in [5, 5.41) is 37.9. The van der Waals surface area contributed by atoms with Gasteiger partial charge in [-0.15, -0.1) is 0 Å². The molecule has 0 aliphatic carbocycles. The van der Waals surface area contributed by atoms with Crippen molar-refractivity contribution < 1.29 is 68.0 Å². The average molecular weight is 819 g/mol. The second-order valence-corrected chi connectivity index (χ2v) is 14.2. The van der Waals surface area contributed by atoms with Gasteiger partial charge in [0.05, 0.1) is 37.6 Å². The van der Waals surface area contributed by atoms with Crippen LogP contribution in [0.1, 0.15) is 120 Å². The van der Waals surface area contributed by atoms with Crippen molar-refractivity contribution >= 4 is 34.8 Å². The molecule has 2 rings (SSSR count). The molecule has 0 aromatic heterocycles. The van der Waals surface area contributed by atoms with Gasteiger partial charge in [-0.05, 0) is 106 Å². The van der Waals surface area contributed by atoms with Gasteiger partial charge in [-0.25, -0.2) is 14.4 Å². The molecule has 0 aromatic rings. The largest absolute Gasteiger partial charge is 0.478 e. The third kappa shape index (κ3) is 24.0. The van der Waals surface area contributed by atoms with Crippen LogP contribution in [-0.2, 0) is 47.6 Å². The van der Waals surface area contributed by atoms with E-state index in [4.69, 9.17) is 40.4 Å². The number of aliphatic hydroxyl groups is 3. The molecule has 2 heterocycles. The first-order chi connectivity index (χ1) is 26.4. The molecule has 0 spiro atoms. The Morgan fingerprint density at radius 2 is 1.23 bits per heavy atom. The summed E-state index contributed by atoms with van der Waals surface area (Å²) in [6.07, 6.45) is 11.6. The molecule has 322 valence electrons. The molecule has 0 bridgehead atoms. The lowest BCUT2D eigenvalue weighted by molar-refractivity contribution is -0.275. The Hall–Kier alpha value is -2.95. The monoisotopic (exact) mass is 818 g/mol. The minimum Gasteiger partial charge on any atom is -0.478 e. The number of hydrogen-bond acceptors (Lipinski definition) is 13. The number of allylic oxidation sites excluding steroid dienone is 5. The zero-order chi connectivity index (χ0) is 42.8. The highest BCUT2D eigenvalue weighted by Gasteiger charge is 2.39. The number of carboxylic acids is 1. The molecule has 56 heavy (non-hydrogen) atoms. The van der Waals surface area contributed by atoms with Crippen LogP contribution in [0.25, 0.3) is 0 Å². The zero-order valence-electron chi connectivity index (χ0n) is 34.6. The van der Waals surface area contributed by atoms with Gasteiger partial charge in [-0.2, -0.15) is 0 Å². The molecule has 10 atom stereocenters. The first-order valence-electron chi connectivity index (χ1n) is 19.3. The van der Waals surface area contributed by atoms with Gasteiger partial charge in [-0.1, -0.05) is 37.1 Å². The van der Waals surface area contributed by atoms with Gasteiger partial charge >= 0.3 is 17.9 Å². The van der Waals surface area contributed by atoms with Gasteiger partial charge in [0, 0.05) is 36.1 Å². The van der Waals surface area contributed by atoms with Crippen LogP contribution in [0.3, 0.4) is 0 Å². The molecule has 2 aliphatic rings. The van der Waals surface area contributed by atoms with Crippen molar-refractivity contribution in [3.05, 3.63) is 47.6 Å². The lowest BCUT2D eigenvalue weighted by atomic mass is 10.0. The third-order valence-electron chi connectivity index (χ3n) is 9.02. The Labute approximate surface area is 337 Å². The van der Waals surface area contributed by atoms with E-state index < -0.39 is 48.9 Å². The number of aliphatic hydroxyl groups excluding tert-OH is 3.